The molecule has 1 amide bonds. The van der Waals surface area contributed by atoms with Gasteiger partial charge in [-0.05, 0) is 57.3 Å². The van der Waals surface area contributed by atoms with Crippen molar-refractivity contribution in [3.8, 4) is 11.5 Å². The quantitative estimate of drug-likeness (QED) is 0.306. The van der Waals surface area contributed by atoms with E-state index in [1.54, 1.807) is 18.2 Å². The monoisotopic (exact) mass is 611 g/mol. The molecular formula is C31H25BrF3NO4. The molecule has 0 bridgehead atoms. The molecule has 206 valence electrons. The highest BCUT2D eigenvalue weighted by Crippen LogP contribution is 2.50. The van der Waals surface area contributed by atoms with Crippen LogP contribution in [0.4, 0.5) is 13.2 Å². The van der Waals surface area contributed by atoms with Crippen LogP contribution in [0.25, 0.3) is 0 Å². The molecule has 1 aliphatic carbocycles. The number of allylic oxidation sites excluding steroid dienone is 4. The van der Waals surface area contributed by atoms with Gasteiger partial charge in [0.25, 0.3) is 0 Å². The fraction of sp³-hybridized carbons (Fsp3) is 0.226. The van der Waals surface area contributed by atoms with Crippen LogP contribution in [0.5, 0.6) is 11.5 Å². The Kier molecular flexibility index (Phi) is 7.85. The van der Waals surface area contributed by atoms with Crippen LogP contribution in [0.3, 0.4) is 0 Å². The zero-order valence-electron chi connectivity index (χ0n) is 21.3. The molecule has 1 heterocycles. The first-order valence-corrected chi connectivity index (χ1v) is 13.4. The third-order valence-electron chi connectivity index (χ3n) is 6.97. The number of alkyl halides is 3. The minimum absolute atomic E-state index is 0.125. The van der Waals surface area contributed by atoms with Gasteiger partial charge >= 0.3 is 12.1 Å². The van der Waals surface area contributed by atoms with Gasteiger partial charge in [-0.2, -0.15) is 13.2 Å². The Bertz CT molecular complexity index is 1450. The Balaban J connectivity index is 1.64. The summed E-state index contributed by atoms with van der Waals surface area (Å²) < 4.78 is 53.6. The minimum Gasteiger partial charge on any atom is -0.488 e. The van der Waals surface area contributed by atoms with Gasteiger partial charge in [0.1, 0.15) is 29.2 Å². The third kappa shape index (κ3) is 5.84. The Labute approximate surface area is 238 Å². The predicted octanol–water partition coefficient (Wildman–Crippen LogP) is 6.83. The maximum absolute atomic E-state index is 13.5. The van der Waals surface area contributed by atoms with Crippen LogP contribution in [0.2, 0.25) is 0 Å². The summed E-state index contributed by atoms with van der Waals surface area (Å²) in [5.74, 6) is -1.40. The van der Waals surface area contributed by atoms with E-state index in [0.29, 0.717) is 27.1 Å². The van der Waals surface area contributed by atoms with E-state index in [1.165, 1.54) is 12.2 Å². The van der Waals surface area contributed by atoms with Crippen LogP contribution in [-0.2, 0) is 34.8 Å². The van der Waals surface area contributed by atoms with Gasteiger partial charge in [0.2, 0.25) is 0 Å². The molecule has 0 saturated heterocycles. The zero-order chi connectivity index (χ0) is 28.3. The van der Waals surface area contributed by atoms with Gasteiger partial charge in [-0.25, -0.2) is 0 Å². The highest BCUT2D eigenvalue weighted by atomic mass is 79.9. The predicted molar refractivity (Wildman–Crippen MR) is 147 cm³/mol. The van der Waals surface area contributed by atoms with Crippen molar-refractivity contribution in [3.63, 3.8) is 0 Å². The number of ether oxygens (including phenoxy) is 2. The third-order valence-corrected chi connectivity index (χ3v) is 7.73. The van der Waals surface area contributed by atoms with Crippen LogP contribution in [0, 0.1) is 0 Å². The summed E-state index contributed by atoms with van der Waals surface area (Å²) in [6.07, 6.45) is 1.27. The van der Waals surface area contributed by atoms with E-state index in [9.17, 15) is 22.8 Å². The molecule has 0 atom stereocenters. The van der Waals surface area contributed by atoms with Gasteiger partial charge in [0, 0.05) is 24.1 Å². The fourth-order valence-electron chi connectivity index (χ4n) is 4.99. The average Bonchev–Trinajstić information content (AvgIpc) is 3.10. The number of hydrogen-bond acceptors (Lipinski definition) is 4. The van der Waals surface area contributed by atoms with Crippen molar-refractivity contribution in [1.29, 1.82) is 0 Å². The standard InChI is InChI=1S/C31H25BrF3NO4/c32-27-25(39-19-21-7-3-1-4-8-21)17-23-18-36(29(38)31(33,34)35)16-15-30(13-11-24(37)12-14-30)26(23)28(27)40-20-22-9-5-2-6-10-22/h1-14,17H,15-16,18-20H2. The summed E-state index contributed by atoms with van der Waals surface area (Å²) in [6.45, 7) is -0.0871. The SMILES string of the molecule is O=C1C=CC2(C=C1)CCN(C(=O)C(F)(F)F)Cc1cc(OCc3ccccc3)c(Br)c(OCc3ccccc3)c12. The molecule has 0 aromatic heterocycles. The molecule has 0 radical (unpaired) electrons. The number of rotatable bonds is 6. The Morgan fingerprint density at radius 3 is 2.08 bits per heavy atom. The molecule has 5 nitrogen and oxygen atoms in total. The van der Waals surface area contributed by atoms with Crippen molar-refractivity contribution < 1.29 is 32.2 Å². The summed E-state index contributed by atoms with van der Waals surface area (Å²) in [4.78, 5) is 25.3. The van der Waals surface area contributed by atoms with E-state index in [0.717, 1.165) is 16.0 Å². The van der Waals surface area contributed by atoms with Crippen LogP contribution >= 0.6 is 15.9 Å². The molecule has 0 saturated carbocycles. The van der Waals surface area contributed by atoms with Crippen LogP contribution in [0.1, 0.15) is 28.7 Å². The van der Waals surface area contributed by atoms with Gasteiger partial charge in [0.15, 0.2) is 5.78 Å². The Morgan fingerprint density at radius 2 is 1.50 bits per heavy atom. The Morgan fingerprint density at radius 1 is 0.925 bits per heavy atom. The van der Waals surface area contributed by atoms with Crippen molar-refractivity contribution >= 4 is 27.6 Å². The molecule has 3 aromatic carbocycles. The lowest BCUT2D eigenvalue weighted by Crippen LogP contribution is -2.41. The topological polar surface area (TPSA) is 55.8 Å². The lowest BCUT2D eigenvalue weighted by atomic mass is 9.73. The number of nitrogens with zero attached hydrogens (tertiary/aromatic N) is 1. The van der Waals surface area contributed by atoms with E-state index < -0.39 is 17.5 Å². The maximum Gasteiger partial charge on any atom is 0.471 e. The van der Waals surface area contributed by atoms with E-state index in [1.807, 2.05) is 60.7 Å². The van der Waals surface area contributed by atoms with Gasteiger partial charge in [0.05, 0.1) is 0 Å². The zero-order valence-corrected chi connectivity index (χ0v) is 22.9. The molecular weight excluding hydrogens is 587 g/mol. The molecule has 9 heteroatoms. The molecule has 3 aromatic rings. The first kappa shape index (κ1) is 27.7. The van der Waals surface area contributed by atoms with Crippen LogP contribution in [0.15, 0.2) is 95.5 Å². The fourth-order valence-corrected chi connectivity index (χ4v) is 5.53. The van der Waals surface area contributed by atoms with E-state index in [-0.39, 0.29) is 38.5 Å². The second-order valence-corrected chi connectivity index (χ2v) is 10.5. The first-order valence-electron chi connectivity index (χ1n) is 12.6. The van der Waals surface area contributed by atoms with Gasteiger partial charge in [-0.3, -0.25) is 9.59 Å². The van der Waals surface area contributed by atoms with E-state index >= 15 is 0 Å². The first-order chi connectivity index (χ1) is 19.2. The number of hydrogen-bond donors (Lipinski definition) is 0. The second kappa shape index (κ2) is 11.3. The minimum atomic E-state index is -5.03. The highest BCUT2D eigenvalue weighted by Gasteiger charge is 2.46. The summed E-state index contributed by atoms with van der Waals surface area (Å²) in [5.41, 5.74) is 1.84. The summed E-state index contributed by atoms with van der Waals surface area (Å²) in [5, 5.41) is 0. The lowest BCUT2D eigenvalue weighted by molar-refractivity contribution is -0.186. The van der Waals surface area contributed by atoms with Gasteiger partial charge < -0.3 is 14.4 Å². The largest absolute Gasteiger partial charge is 0.488 e. The van der Waals surface area contributed by atoms with Crippen molar-refractivity contribution in [3.05, 3.63) is 118 Å². The molecule has 0 N–H and O–H groups in total. The number of benzene rings is 3. The van der Waals surface area contributed by atoms with Crippen molar-refractivity contribution in [2.75, 3.05) is 6.54 Å². The number of ketones is 1. The second-order valence-electron chi connectivity index (χ2n) is 9.68. The molecule has 0 fully saturated rings. The summed E-state index contributed by atoms with van der Waals surface area (Å²) >= 11 is 3.65. The van der Waals surface area contributed by atoms with E-state index in [4.69, 9.17) is 9.47 Å². The number of fused-ring (bicyclic) bond motifs is 2. The lowest BCUT2D eigenvalue weighted by Gasteiger charge is -2.32. The normalized spacial score (nSPS) is 16.0. The average molecular weight is 612 g/mol. The Hall–Kier alpha value is -3.85. The smallest absolute Gasteiger partial charge is 0.471 e. The van der Waals surface area contributed by atoms with Crippen molar-refractivity contribution in [2.24, 2.45) is 0 Å². The van der Waals surface area contributed by atoms with Crippen molar-refractivity contribution in [2.45, 2.75) is 37.8 Å². The number of halogens is 4. The van der Waals surface area contributed by atoms with Crippen LogP contribution < -0.4 is 9.47 Å². The molecule has 1 spiro atoms. The summed E-state index contributed by atoms with van der Waals surface area (Å²) in [7, 11) is 0. The summed E-state index contributed by atoms with van der Waals surface area (Å²) in [6, 6.07) is 20.6. The highest BCUT2D eigenvalue weighted by molar-refractivity contribution is 9.10. The van der Waals surface area contributed by atoms with Crippen molar-refractivity contribution in [1.82, 2.24) is 4.90 Å². The molecule has 1 aliphatic heterocycles. The van der Waals surface area contributed by atoms with Gasteiger partial charge in [-0.15, -0.1) is 0 Å². The molecule has 2 aliphatic rings. The number of carbonyl (C=O) groups excluding carboxylic acids is 2. The number of carbonyl (C=O) groups is 2. The number of amides is 1. The maximum atomic E-state index is 13.5. The van der Waals surface area contributed by atoms with Gasteiger partial charge in [-0.1, -0.05) is 72.8 Å². The molecule has 0 unspecified atom stereocenters. The van der Waals surface area contributed by atoms with Crippen LogP contribution in [-0.4, -0.2) is 29.3 Å². The molecule has 5 rings (SSSR count). The molecule has 40 heavy (non-hydrogen) atoms. The van der Waals surface area contributed by atoms with E-state index in [2.05, 4.69) is 15.9 Å².